The van der Waals surface area contributed by atoms with Crippen molar-refractivity contribution in [3.63, 3.8) is 0 Å². The predicted molar refractivity (Wildman–Crippen MR) is 88.0 cm³/mol. The van der Waals surface area contributed by atoms with Gasteiger partial charge in [-0.15, -0.1) is 0 Å². The molecule has 0 aliphatic heterocycles. The van der Waals surface area contributed by atoms with Crippen molar-refractivity contribution in [2.45, 2.75) is 20.0 Å². The molecule has 0 amide bonds. The predicted octanol–water partition coefficient (Wildman–Crippen LogP) is 3.45. The van der Waals surface area contributed by atoms with Crippen molar-refractivity contribution < 1.29 is 9.53 Å². The molecular weight excluding hydrogens is 402 g/mol. The van der Waals surface area contributed by atoms with Crippen molar-refractivity contribution in [3.05, 3.63) is 44.1 Å². The van der Waals surface area contributed by atoms with E-state index < -0.39 is 5.97 Å². The fourth-order valence-corrected chi connectivity index (χ4v) is 3.05. The monoisotopic (exact) mass is 415 g/mol. The molecule has 0 saturated carbocycles. The number of aryl methyl sites for hydroxylation is 2. The van der Waals surface area contributed by atoms with E-state index in [1.54, 1.807) is 22.9 Å². The van der Waals surface area contributed by atoms with Crippen LogP contribution in [0.3, 0.4) is 0 Å². The molecule has 1 aromatic heterocycles. The zero-order chi connectivity index (χ0) is 15.6. The standard InChI is InChI=1S/C14H15Br2N3O2/c1-3-10-13(16)11(19(2)18-10)7-21-14(20)8-5-4-6-9(17)12(8)15/h4-6H,3,7,17H2,1-2H3. The maximum atomic E-state index is 12.1. The number of carbonyl (C=O) groups excluding carboxylic acids is 1. The summed E-state index contributed by atoms with van der Waals surface area (Å²) in [4.78, 5) is 12.1. The second-order valence-electron chi connectivity index (χ2n) is 4.47. The summed E-state index contributed by atoms with van der Waals surface area (Å²) in [5.41, 5.74) is 8.42. The number of halogens is 2. The Hall–Kier alpha value is -1.34. The van der Waals surface area contributed by atoms with E-state index in [2.05, 4.69) is 37.0 Å². The van der Waals surface area contributed by atoms with Crippen LogP contribution in [0.25, 0.3) is 0 Å². The number of hydrogen-bond donors (Lipinski definition) is 1. The summed E-state index contributed by atoms with van der Waals surface area (Å²) in [5, 5.41) is 4.36. The van der Waals surface area contributed by atoms with E-state index in [0.29, 0.717) is 15.7 Å². The van der Waals surface area contributed by atoms with Gasteiger partial charge in [0.15, 0.2) is 0 Å². The maximum Gasteiger partial charge on any atom is 0.339 e. The summed E-state index contributed by atoms with van der Waals surface area (Å²) in [6.07, 6.45) is 0.809. The van der Waals surface area contributed by atoms with Crippen LogP contribution in [0.2, 0.25) is 0 Å². The number of nitrogens with two attached hydrogens (primary N) is 1. The Bertz CT molecular complexity index is 683. The molecule has 21 heavy (non-hydrogen) atoms. The molecule has 0 atom stereocenters. The molecule has 2 aromatic rings. The summed E-state index contributed by atoms with van der Waals surface area (Å²) in [6.45, 7) is 2.16. The lowest BCUT2D eigenvalue weighted by Crippen LogP contribution is -2.09. The molecule has 7 heteroatoms. The first-order chi connectivity index (χ1) is 9.95. The number of hydrogen-bond acceptors (Lipinski definition) is 4. The Balaban J connectivity index is 2.15. The van der Waals surface area contributed by atoms with Gasteiger partial charge in [-0.3, -0.25) is 4.68 Å². The van der Waals surface area contributed by atoms with Crippen LogP contribution in [0.4, 0.5) is 5.69 Å². The van der Waals surface area contributed by atoms with Crippen LogP contribution < -0.4 is 5.73 Å². The Morgan fingerprint density at radius 3 is 2.71 bits per heavy atom. The lowest BCUT2D eigenvalue weighted by Gasteiger charge is -2.08. The minimum atomic E-state index is -0.430. The van der Waals surface area contributed by atoms with E-state index in [4.69, 9.17) is 10.5 Å². The van der Waals surface area contributed by atoms with Gasteiger partial charge in [-0.1, -0.05) is 13.0 Å². The second-order valence-corrected chi connectivity index (χ2v) is 6.06. The summed E-state index contributed by atoms with van der Waals surface area (Å²) < 4.78 is 8.50. The summed E-state index contributed by atoms with van der Waals surface area (Å²) >= 11 is 6.79. The first-order valence-electron chi connectivity index (χ1n) is 6.37. The minimum absolute atomic E-state index is 0.143. The number of nitrogens with zero attached hydrogens (tertiary/aromatic N) is 2. The van der Waals surface area contributed by atoms with Crippen LogP contribution in [0, 0.1) is 0 Å². The Morgan fingerprint density at radius 2 is 2.10 bits per heavy atom. The number of nitrogen functional groups attached to an aromatic ring is 1. The van der Waals surface area contributed by atoms with Gasteiger partial charge in [0.2, 0.25) is 0 Å². The highest BCUT2D eigenvalue weighted by Gasteiger charge is 2.17. The summed E-state index contributed by atoms with van der Waals surface area (Å²) in [5.74, 6) is -0.430. The van der Waals surface area contributed by atoms with Gasteiger partial charge in [0, 0.05) is 12.7 Å². The molecule has 0 fully saturated rings. The summed E-state index contributed by atoms with van der Waals surface area (Å²) in [7, 11) is 1.82. The molecule has 0 spiro atoms. The van der Waals surface area contributed by atoms with E-state index in [0.717, 1.165) is 22.3 Å². The molecule has 112 valence electrons. The zero-order valence-corrected chi connectivity index (χ0v) is 14.9. The average molecular weight is 417 g/mol. The Kier molecular flexibility index (Phi) is 5.05. The Labute approximate surface area is 139 Å². The molecular formula is C14H15Br2N3O2. The molecule has 0 saturated heterocycles. The third kappa shape index (κ3) is 3.29. The number of rotatable bonds is 4. The van der Waals surface area contributed by atoms with Crippen LogP contribution >= 0.6 is 31.9 Å². The molecule has 2 N–H and O–H groups in total. The van der Waals surface area contributed by atoms with Crippen molar-refractivity contribution in [2.24, 2.45) is 7.05 Å². The lowest BCUT2D eigenvalue weighted by atomic mass is 10.2. The quantitative estimate of drug-likeness (QED) is 0.612. The normalized spacial score (nSPS) is 10.7. The fourth-order valence-electron chi connectivity index (χ4n) is 1.90. The third-order valence-corrected chi connectivity index (χ3v) is 4.89. The van der Waals surface area contributed by atoms with Crippen LogP contribution in [-0.4, -0.2) is 15.7 Å². The topological polar surface area (TPSA) is 70.1 Å². The van der Waals surface area contributed by atoms with Gasteiger partial charge in [0.1, 0.15) is 6.61 Å². The Morgan fingerprint density at radius 1 is 1.38 bits per heavy atom. The zero-order valence-electron chi connectivity index (χ0n) is 11.7. The maximum absolute atomic E-state index is 12.1. The minimum Gasteiger partial charge on any atom is -0.456 e. The number of carbonyl (C=O) groups is 1. The van der Waals surface area contributed by atoms with Gasteiger partial charge in [-0.05, 0) is 50.4 Å². The van der Waals surface area contributed by atoms with E-state index in [9.17, 15) is 4.79 Å². The lowest BCUT2D eigenvalue weighted by molar-refractivity contribution is 0.0461. The number of aromatic nitrogens is 2. The molecule has 1 aromatic carbocycles. The van der Waals surface area contributed by atoms with Gasteiger partial charge >= 0.3 is 5.97 Å². The van der Waals surface area contributed by atoms with E-state index in [1.165, 1.54) is 0 Å². The first-order valence-corrected chi connectivity index (χ1v) is 7.95. The molecule has 0 radical (unpaired) electrons. The molecule has 1 heterocycles. The third-order valence-electron chi connectivity index (χ3n) is 3.09. The SMILES string of the molecule is CCc1nn(C)c(COC(=O)c2cccc(N)c2Br)c1Br. The van der Waals surface area contributed by atoms with Crippen molar-refractivity contribution in [3.8, 4) is 0 Å². The van der Waals surface area contributed by atoms with Crippen molar-refractivity contribution in [1.29, 1.82) is 0 Å². The molecule has 2 rings (SSSR count). The van der Waals surface area contributed by atoms with Gasteiger partial charge in [-0.2, -0.15) is 5.10 Å². The first kappa shape index (κ1) is 16.0. The molecule has 0 unspecified atom stereocenters. The van der Waals surface area contributed by atoms with Crippen LogP contribution in [0.1, 0.15) is 28.7 Å². The highest BCUT2D eigenvalue weighted by atomic mass is 79.9. The van der Waals surface area contributed by atoms with Crippen molar-refractivity contribution >= 4 is 43.5 Å². The van der Waals surface area contributed by atoms with Gasteiger partial charge in [0.25, 0.3) is 0 Å². The molecule has 0 aliphatic carbocycles. The van der Waals surface area contributed by atoms with Crippen molar-refractivity contribution in [2.75, 3.05) is 5.73 Å². The molecule has 0 aliphatic rings. The average Bonchev–Trinajstić information content (AvgIpc) is 2.74. The van der Waals surface area contributed by atoms with E-state index >= 15 is 0 Å². The second kappa shape index (κ2) is 6.62. The highest BCUT2D eigenvalue weighted by molar-refractivity contribution is 9.11. The smallest absolute Gasteiger partial charge is 0.339 e. The largest absolute Gasteiger partial charge is 0.456 e. The van der Waals surface area contributed by atoms with Gasteiger partial charge < -0.3 is 10.5 Å². The molecule has 5 nitrogen and oxygen atoms in total. The van der Waals surface area contributed by atoms with E-state index in [-0.39, 0.29) is 6.61 Å². The highest BCUT2D eigenvalue weighted by Crippen LogP contribution is 2.26. The number of ether oxygens (including phenoxy) is 1. The molecule has 0 bridgehead atoms. The fraction of sp³-hybridized carbons (Fsp3) is 0.286. The van der Waals surface area contributed by atoms with Gasteiger partial charge in [-0.25, -0.2) is 4.79 Å². The summed E-state index contributed by atoms with van der Waals surface area (Å²) in [6, 6.07) is 5.09. The number of esters is 1. The van der Waals surface area contributed by atoms with Crippen molar-refractivity contribution in [1.82, 2.24) is 9.78 Å². The van der Waals surface area contributed by atoms with Crippen LogP contribution in [-0.2, 0) is 24.8 Å². The van der Waals surface area contributed by atoms with Gasteiger partial charge in [0.05, 0.1) is 25.9 Å². The number of benzene rings is 1. The van der Waals surface area contributed by atoms with E-state index in [1.807, 2.05) is 14.0 Å². The van der Waals surface area contributed by atoms with Crippen LogP contribution in [0.5, 0.6) is 0 Å². The number of anilines is 1. The van der Waals surface area contributed by atoms with Crippen LogP contribution in [0.15, 0.2) is 27.1 Å².